The highest BCUT2D eigenvalue weighted by Gasteiger charge is 2.22. The second-order valence-corrected chi connectivity index (χ2v) is 8.22. The van der Waals surface area contributed by atoms with Crippen molar-refractivity contribution in [3.63, 3.8) is 0 Å². The van der Waals surface area contributed by atoms with Gasteiger partial charge in [0.25, 0.3) is 5.91 Å². The number of ether oxygens (including phenoxy) is 1. The number of benzene rings is 1. The summed E-state index contributed by atoms with van der Waals surface area (Å²) in [7, 11) is 0. The number of para-hydroxylation sites is 1. The van der Waals surface area contributed by atoms with E-state index in [1.165, 1.54) is 19.3 Å². The van der Waals surface area contributed by atoms with Crippen LogP contribution in [0.4, 0.5) is 0 Å². The van der Waals surface area contributed by atoms with Crippen molar-refractivity contribution in [1.82, 2.24) is 10.3 Å². The summed E-state index contributed by atoms with van der Waals surface area (Å²) >= 11 is 0. The molecule has 1 N–H and O–H groups in total. The molecule has 3 rings (SSSR count). The van der Waals surface area contributed by atoms with Crippen LogP contribution in [0.2, 0.25) is 0 Å². The average Bonchev–Trinajstić information content (AvgIpc) is 2.73. The summed E-state index contributed by atoms with van der Waals surface area (Å²) in [6.07, 6.45) is 10.5. The van der Waals surface area contributed by atoms with Gasteiger partial charge in [-0.1, -0.05) is 70.6 Å². The minimum atomic E-state index is -0.435. The molecular formula is C25H34N2O3. The third-order valence-electron chi connectivity index (χ3n) is 5.93. The quantitative estimate of drug-likeness (QED) is 0.642. The smallest absolute Gasteiger partial charge is 0.339 e. The number of aryl methyl sites for hydroxylation is 1. The van der Waals surface area contributed by atoms with Gasteiger partial charge in [0.1, 0.15) is 0 Å². The molecule has 0 saturated heterocycles. The fourth-order valence-corrected chi connectivity index (χ4v) is 4.43. The maximum absolute atomic E-state index is 13.1. The van der Waals surface area contributed by atoms with E-state index in [1.54, 1.807) is 0 Å². The Bertz CT molecular complexity index is 870. The molecule has 2 aromatic rings. The Hall–Kier alpha value is -2.43. The summed E-state index contributed by atoms with van der Waals surface area (Å²) in [6, 6.07) is 7.85. The molecule has 5 nitrogen and oxygen atoms in total. The van der Waals surface area contributed by atoms with Crippen LogP contribution in [0.25, 0.3) is 10.9 Å². The molecule has 1 aliphatic rings. The van der Waals surface area contributed by atoms with E-state index in [0.717, 1.165) is 60.7 Å². The number of carbonyl (C=O) groups is 2. The van der Waals surface area contributed by atoms with Crippen molar-refractivity contribution in [2.24, 2.45) is 0 Å². The summed E-state index contributed by atoms with van der Waals surface area (Å²) in [4.78, 5) is 30.3. The first-order valence-electron chi connectivity index (χ1n) is 11.5. The molecular weight excluding hydrogens is 376 g/mol. The summed E-state index contributed by atoms with van der Waals surface area (Å²) in [5.41, 5.74) is 3.24. The molecule has 5 heteroatoms. The van der Waals surface area contributed by atoms with Crippen molar-refractivity contribution in [2.75, 3.05) is 6.61 Å². The molecule has 1 saturated carbocycles. The van der Waals surface area contributed by atoms with Crippen LogP contribution in [0.15, 0.2) is 24.3 Å². The van der Waals surface area contributed by atoms with Crippen LogP contribution in [-0.2, 0) is 22.4 Å². The highest BCUT2D eigenvalue weighted by molar-refractivity contribution is 6.05. The van der Waals surface area contributed by atoms with E-state index < -0.39 is 5.97 Å². The van der Waals surface area contributed by atoms with Crippen LogP contribution < -0.4 is 5.32 Å². The molecule has 1 aromatic heterocycles. The first kappa shape index (κ1) is 22.3. The van der Waals surface area contributed by atoms with Crippen LogP contribution >= 0.6 is 0 Å². The van der Waals surface area contributed by atoms with E-state index >= 15 is 0 Å². The zero-order valence-corrected chi connectivity index (χ0v) is 18.3. The summed E-state index contributed by atoms with van der Waals surface area (Å²) < 4.78 is 5.49. The molecule has 1 heterocycles. The molecule has 0 atom stereocenters. The van der Waals surface area contributed by atoms with Gasteiger partial charge in [-0.25, -0.2) is 4.79 Å². The van der Waals surface area contributed by atoms with Crippen LogP contribution in [-0.4, -0.2) is 29.5 Å². The number of carbonyl (C=O) groups excluding carboxylic acids is 2. The van der Waals surface area contributed by atoms with E-state index in [2.05, 4.69) is 12.2 Å². The van der Waals surface area contributed by atoms with Crippen LogP contribution in [0.1, 0.15) is 86.8 Å². The summed E-state index contributed by atoms with van der Waals surface area (Å²) in [5.74, 6) is -0.644. The van der Waals surface area contributed by atoms with Crippen LogP contribution in [0.5, 0.6) is 0 Å². The zero-order valence-electron chi connectivity index (χ0n) is 18.3. The molecule has 0 unspecified atom stereocenters. The number of amides is 1. The fraction of sp³-hybridized carbons (Fsp3) is 0.560. The molecule has 0 aliphatic heterocycles. The highest BCUT2D eigenvalue weighted by atomic mass is 16.5. The lowest BCUT2D eigenvalue weighted by atomic mass is 9.96. The van der Waals surface area contributed by atoms with Crippen LogP contribution in [0, 0.1) is 0 Å². The third-order valence-corrected chi connectivity index (χ3v) is 5.93. The lowest BCUT2D eigenvalue weighted by Crippen LogP contribution is -2.38. The number of rotatable bonds is 7. The minimum Gasteiger partial charge on any atom is -0.452 e. The Morgan fingerprint density at radius 3 is 2.47 bits per heavy atom. The molecule has 1 aliphatic carbocycles. The highest BCUT2D eigenvalue weighted by Crippen LogP contribution is 2.26. The topological polar surface area (TPSA) is 68.3 Å². The number of pyridine rings is 1. The molecule has 0 bridgehead atoms. The molecule has 0 spiro atoms. The van der Waals surface area contributed by atoms with Gasteiger partial charge in [-0.2, -0.15) is 0 Å². The van der Waals surface area contributed by atoms with Gasteiger partial charge in [0.2, 0.25) is 0 Å². The predicted molar refractivity (Wildman–Crippen MR) is 120 cm³/mol. The van der Waals surface area contributed by atoms with Gasteiger partial charge < -0.3 is 10.1 Å². The normalized spacial score (nSPS) is 15.4. The van der Waals surface area contributed by atoms with E-state index in [9.17, 15) is 9.59 Å². The van der Waals surface area contributed by atoms with Gasteiger partial charge in [0, 0.05) is 17.1 Å². The number of nitrogens with zero attached hydrogens (tertiary/aromatic N) is 1. The largest absolute Gasteiger partial charge is 0.452 e. The fourth-order valence-electron chi connectivity index (χ4n) is 4.43. The lowest BCUT2D eigenvalue weighted by molar-refractivity contribution is -0.125. The standard InChI is InChI=1S/C25H34N2O3/c1-3-12-21-19(4-2)24(20-15-10-11-16-22(20)27-21)25(29)30-17-23(28)26-18-13-8-6-5-7-9-14-18/h10-11,15-16,18H,3-9,12-14,17H2,1-2H3,(H,26,28). The van der Waals surface area contributed by atoms with Crippen molar-refractivity contribution < 1.29 is 14.3 Å². The zero-order chi connectivity index (χ0) is 21.3. The Morgan fingerprint density at radius 1 is 1.07 bits per heavy atom. The first-order chi connectivity index (χ1) is 14.6. The Balaban J connectivity index is 1.73. The van der Waals surface area contributed by atoms with Crippen molar-refractivity contribution >= 4 is 22.8 Å². The molecule has 0 radical (unpaired) electrons. The number of nitrogens with one attached hydrogen (secondary N) is 1. The Morgan fingerprint density at radius 2 is 1.77 bits per heavy atom. The SMILES string of the molecule is CCCc1nc2ccccc2c(C(=O)OCC(=O)NC2CCCCCCC2)c1CC. The first-order valence-corrected chi connectivity index (χ1v) is 11.5. The monoisotopic (exact) mass is 410 g/mol. The minimum absolute atomic E-state index is 0.195. The lowest BCUT2D eigenvalue weighted by Gasteiger charge is -2.21. The van der Waals surface area contributed by atoms with Crippen molar-refractivity contribution in [2.45, 2.75) is 84.1 Å². The van der Waals surface area contributed by atoms with Crippen molar-refractivity contribution in [1.29, 1.82) is 0 Å². The maximum atomic E-state index is 13.1. The van der Waals surface area contributed by atoms with Crippen molar-refractivity contribution in [3.05, 3.63) is 41.1 Å². The van der Waals surface area contributed by atoms with E-state index in [0.29, 0.717) is 12.0 Å². The molecule has 1 amide bonds. The molecule has 1 aromatic carbocycles. The van der Waals surface area contributed by atoms with E-state index in [-0.39, 0.29) is 18.6 Å². The Kier molecular flexibility index (Phi) is 8.23. The third kappa shape index (κ3) is 5.59. The number of esters is 1. The Labute approximate surface area is 179 Å². The van der Waals surface area contributed by atoms with Gasteiger partial charge in [-0.15, -0.1) is 0 Å². The number of aromatic nitrogens is 1. The maximum Gasteiger partial charge on any atom is 0.339 e. The van der Waals surface area contributed by atoms with Crippen LogP contribution in [0.3, 0.4) is 0 Å². The second-order valence-electron chi connectivity index (χ2n) is 8.22. The van der Waals surface area contributed by atoms with Crippen molar-refractivity contribution in [3.8, 4) is 0 Å². The van der Waals surface area contributed by atoms with Gasteiger partial charge in [0.05, 0.1) is 11.1 Å². The summed E-state index contributed by atoms with van der Waals surface area (Å²) in [5, 5.41) is 3.85. The number of fused-ring (bicyclic) bond motifs is 1. The molecule has 1 fully saturated rings. The summed E-state index contributed by atoms with van der Waals surface area (Å²) in [6.45, 7) is 3.90. The van der Waals surface area contributed by atoms with Gasteiger partial charge >= 0.3 is 5.97 Å². The molecule has 30 heavy (non-hydrogen) atoms. The van der Waals surface area contributed by atoms with E-state index in [4.69, 9.17) is 9.72 Å². The van der Waals surface area contributed by atoms with Gasteiger partial charge in [0.15, 0.2) is 6.61 Å². The molecule has 162 valence electrons. The number of hydrogen-bond donors (Lipinski definition) is 1. The van der Waals surface area contributed by atoms with E-state index in [1.807, 2.05) is 31.2 Å². The predicted octanol–water partition coefficient (Wildman–Crippen LogP) is 5.14. The average molecular weight is 411 g/mol. The second kappa shape index (κ2) is 11.1. The van der Waals surface area contributed by atoms with Gasteiger partial charge in [-0.3, -0.25) is 9.78 Å². The number of hydrogen-bond acceptors (Lipinski definition) is 4. The van der Waals surface area contributed by atoms with Gasteiger partial charge in [-0.05, 0) is 37.3 Å².